The molecule has 0 saturated heterocycles. The minimum absolute atomic E-state index is 0.00714. The second-order valence-corrected chi connectivity index (χ2v) is 9.41. The van der Waals surface area contributed by atoms with Gasteiger partial charge in [0, 0.05) is 24.1 Å². The Morgan fingerprint density at radius 3 is 2.11 bits per heavy atom. The van der Waals surface area contributed by atoms with Gasteiger partial charge in [0.25, 0.3) is 5.56 Å². The van der Waals surface area contributed by atoms with E-state index in [2.05, 4.69) is 4.37 Å². The fourth-order valence-electron chi connectivity index (χ4n) is 3.07. The van der Waals surface area contributed by atoms with Crippen molar-refractivity contribution >= 4 is 31.7 Å². The van der Waals surface area contributed by atoms with Crippen molar-refractivity contribution in [1.82, 2.24) is 13.5 Å². The van der Waals surface area contributed by atoms with Crippen LogP contribution in [0.15, 0.2) is 58.1 Å². The molecule has 0 aliphatic carbocycles. The molecular formula is C20H13F6N3O6S2. The van der Waals surface area contributed by atoms with Gasteiger partial charge in [-0.2, -0.15) is 39.1 Å². The van der Waals surface area contributed by atoms with Crippen LogP contribution in [-0.4, -0.2) is 37.1 Å². The molecule has 37 heavy (non-hydrogen) atoms. The Bertz CT molecular complexity index is 1700. The summed E-state index contributed by atoms with van der Waals surface area (Å²) in [6, 6.07) is 11.5. The van der Waals surface area contributed by atoms with E-state index in [1.54, 1.807) is 24.3 Å². The number of aromatic nitrogens is 3. The summed E-state index contributed by atoms with van der Waals surface area (Å²) < 4.78 is 103. The van der Waals surface area contributed by atoms with Crippen LogP contribution in [0.1, 0.15) is 5.69 Å². The minimum atomic E-state index is -5.84. The Labute approximate surface area is 206 Å². The van der Waals surface area contributed by atoms with E-state index < -0.39 is 38.7 Å². The number of halogens is 6. The van der Waals surface area contributed by atoms with E-state index in [0.717, 1.165) is 23.3 Å². The predicted molar refractivity (Wildman–Crippen MR) is 120 cm³/mol. The maximum absolute atomic E-state index is 13.0. The molecule has 4 rings (SSSR count). The molecule has 0 radical (unpaired) electrons. The summed E-state index contributed by atoms with van der Waals surface area (Å²) in [6.07, 6.45) is -4.83. The highest BCUT2D eigenvalue weighted by Gasteiger charge is 2.44. The van der Waals surface area contributed by atoms with Gasteiger partial charge in [0.15, 0.2) is 0 Å². The fraction of sp³-hybridized carbons (Fsp3) is 0.150. The lowest BCUT2D eigenvalue weighted by molar-refractivity contribution is -0.144. The normalized spacial score (nSPS) is 12.3. The first-order valence-corrected chi connectivity index (χ1v) is 11.8. The van der Waals surface area contributed by atoms with Crippen molar-refractivity contribution in [2.75, 3.05) is 0 Å². The summed E-state index contributed by atoms with van der Waals surface area (Å²) in [5.74, 6) is 0.00714. The molecule has 0 fully saturated rings. The number of benzene rings is 2. The van der Waals surface area contributed by atoms with Crippen LogP contribution >= 0.6 is 11.5 Å². The van der Waals surface area contributed by atoms with Gasteiger partial charge < -0.3 is 5.11 Å². The van der Waals surface area contributed by atoms with Gasteiger partial charge in [0.2, 0.25) is 0 Å². The molecule has 0 atom stereocenters. The third-order valence-electron chi connectivity index (χ3n) is 4.77. The number of nitrogens with zero attached hydrogens (tertiary/aromatic N) is 3. The van der Waals surface area contributed by atoms with Crippen LogP contribution in [0.25, 0.3) is 27.0 Å². The molecule has 17 heteroatoms. The van der Waals surface area contributed by atoms with Crippen LogP contribution < -0.4 is 11.2 Å². The van der Waals surface area contributed by atoms with Crippen molar-refractivity contribution in [1.29, 1.82) is 0 Å². The topological polar surface area (TPSA) is 131 Å². The van der Waals surface area contributed by atoms with E-state index in [1.807, 2.05) is 0 Å². The van der Waals surface area contributed by atoms with Gasteiger partial charge in [-0.1, -0.05) is 12.1 Å². The quantitative estimate of drug-likeness (QED) is 0.213. The summed E-state index contributed by atoms with van der Waals surface area (Å²) >= 11 is 1.16. The number of phenolic OH excluding ortho intramolecular Hbond substituents is 1. The first-order chi connectivity index (χ1) is 16.9. The molecule has 0 spiro atoms. The number of hydrogen-bond donors (Lipinski definition) is 2. The standard InChI is InChI=1S/C19H12F3N3O3S.CHF3O3S/c1-24-15(19(20,21)22)9-16(27)25(18(24)28)10-6-7-14-12(8-10)17(23-29-14)11-4-2-3-5-13(11)26;2-1(3,4)8(5,6)7/h2-9,26H,1H3;(H,5,6,7). The van der Waals surface area contributed by atoms with E-state index in [4.69, 9.17) is 13.0 Å². The molecule has 0 amide bonds. The van der Waals surface area contributed by atoms with E-state index in [9.17, 15) is 41.0 Å². The first kappa shape index (κ1) is 27.9. The Balaban J connectivity index is 0.000000414. The molecule has 0 aliphatic heterocycles. The Morgan fingerprint density at radius 1 is 0.973 bits per heavy atom. The van der Waals surface area contributed by atoms with Crippen LogP contribution in [-0.2, 0) is 23.3 Å². The second-order valence-electron chi connectivity index (χ2n) is 7.19. The largest absolute Gasteiger partial charge is 0.522 e. The third-order valence-corrected chi connectivity index (χ3v) is 6.19. The molecule has 2 aromatic heterocycles. The van der Waals surface area contributed by atoms with Gasteiger partial charge in [-0.3, -0.25) is 13.9 Å². The van der Waals surface area contributed by atoms with E-state index in [-0.39, 0.29) is 11.4 Å². The number of rotatable bonds is 2. The van der Waals surface area contributed by atoms with E-state index in [1.165, 1.54) is 18.2 Å². The third kappa shape index (κ3) is 5.67. The summed E-state index contributed by atoms with van der Waals surface area (Å²) in [4.78, 5) is 24.9. The number of aromatic hydroxyl groups is 1. The summed E-state index contributed by atoms with van der Waals surface area (Å²) in [6.45, 7) is 0. The molecule has 9 nitrogen and oxygen atoms in total. The van der Waals surface area contributed by atoms with Crippen molar-refractivity contribution in [3.8, 4) is 22.7 Å². The zero-order chi connectivity index (χ0) is 27.9. The molecule has 0 unspecified atom stereocenters. The van der Waals surface area contributed by atoms with Crippen molar-refractivity contribution in [2.45, 2.75) is 11.7 Å². The van der Waals surface area contributed by atoms with Crippen LogP contribution in [0.4, 0.5) is 26.3 Å². The monoisotopic (exact) mass is 569 g/mol. The maximum Gasteiger partial charge on any atom is 0.522 e. The number of phenols is 1. The van der Waals surface area contributed by atoms with Crippen molar-refractivity contribution in [3.63, 3.8) is 0 Å². The lowest BCUT2D eigenvalue weighted by Crippen LogP contribution is -2.40. The molecular weight excluding hydrogens is 556 g/mol. The Morgan fingerprint density at radius 2 is 1.57 bits per heavy atom. The van der Waals surface area contributed by atoms with Crippen LogP contribution in [0.2, 0.25) is 0 Å². The van der Waals surface area contributed by atoms with Crippen molar-refractivity contribution < 1.29 is 44.4 Å². The number of alkyl halides is 6. The molecule has 0 bridgehead atoms. The molecule has 0 aliphatic rings. The van der Waals surface area contributed by atoms with Gasteiger partial charge in [-0.05, 0) is 41.9 Å². The Kier molecular flexibility index (Phi) is 7.26. The highest BCUT2D eigenvalue weighted by Crippen LogP contribution is 2.36. The molecule has 2 heterocycles. The molecule has 4 aromatic rings. The first-order valence-electron chi connectivity index (χ1n) is 9.55. The van der Waals surface area contributed by atoms with Gasteiger partial charge in [0.1, 0.15) is 11.4 Å². The van der Waals surface area contributed by atoms with Crippen LogP contribution in [0.3, 0.4) is 0 Å². The van der Waals surface area contributed by atoms with Gasteiger partial charge in [-0.25, -0.2) is 9.36 Å². The average molecular weight is 569 g/mol. The fourth-order valence-corrected chi connectivity index (χ4v) is 3.84. The summed E-state index contributed by atoms with van der Waals surface area (Å²) in [5.41, 5.74) is -8.05. The number of para-hydroxylation sites is 1. The smallest absolute Gasteiger partial charge is 0.507 e. The minimum Gasteiger partial charge on any atom is -0.507 e. The summed E-state index contributed by atoms with van der Waals surface area (Å²) in [5, 5.41) is 10.7. The zero-order valence-electron chi connectivity index (χ0n) is 18.1. The van der Waals surface area contributed by atoms with E-state index >= 15 is 0 Å². The molecule has 2 N–H and O–H groups in total. The predicted octanol–water partition coefficient (Wildman–Crippen LogP) is 3.93. The second kappa shape index (κ2) is 9.64. The Hall–Kier alpha value is -3.70. The lowest BCUT2D eigenvalue weighted by Gasteiger charge is -2.14. The SMILES string of the molecule is Cn1c(C(F)(F)F)cc(=O)n(-c2ccc3snc(-c4ccccc4O)c3c2)c1=O.O=S(=O)(O)C(F)(F)F. The van der Waals surface area contributed by atoms with Gasteiger partial charge in [-0.15, -0.1) is 0 Å². The number of fused-ring (bicyclic) bond motifs is 1. The highest BCUT2D eigenvalue weighted by atomic mass is 32.2. The van der Waals surface area contributed by atoms with E-state index in [0.29, 0.717) is 31.8 Å². The number of hydrogen-bond acceptors (Lipinski definition) is 7. The van der Waals surface area contributed by atoms with Gasteiger partial charge >= 0.3 is 27.5 Å². The summed E-state index contributed by atoms with van der Waals surface area (Å²) in [7, 11) is -4.88. The van der Waals surface area contributed by atoms with Gasteiger partial charge in [0.05, 0.1) is 16.1 Å². The maximum atomic E-state index is 13.0. The van der Waals surface area contributed by atoms with Crippen LogP contribution in [0, 0.1) is 0 Å². The molecule has 0 saturated carbocycles. The van der Waals surface area contributed by atoms with Crippen LogP contribution in [0.5, 0.6) is 5.75 Å². The zero-order valence-corrected chi connectivity index (χ0v) is 19.7. The lowest BCUT2D eigenvalue weighted by atomic mass is 10.1. The van der Waals surface area contributed by atoms with Crippen molar-refractivity contribution in [3.05, 3.63) is 75.1 Å². The highest BCUT2D eigenvalue weighted by molar-refractivity contribution is 7.86. The molecule has 198 valence electrons. The molecule has 2 aromatic carbocycles. The average Bonchev–Trinajstić information content (AvgIpc) is 3.18. The van der Waals surface area contributed by atoms with Crippen molar-refractivity contribution in [2.24, 2.45) is 7.05 Å².